The maximum Gasteiger partial charge on any atom is 0.255 e. The van der Waals surface area contributed by atoms with Gasteiger partial charge < -0.3 is 10.1 Å². The first-order valence-electron chi connectivity index (χ1n) is 5.92. The smallest absolute Gasteiger partial charge is 0.255 e. The van der Waals surface area contributed by atoms with Crippen molar-refractivity contribution in [3.05, 3.63) is 57.6 Å². The third-order valence-corrected chi connectivity index (χ3v) is 3.55. The van der Waals surface area contributed by atoms with Crippen LogP contribution in [0.5, 0.6) is 5.75 Å². The fraction of sp³-hybridized carbons (Fsp3) is 0.133. The molecule has 0 bridgehead atoms. The molecule has 0 aliphatic rings. The average molecular weight is 310 g/mol. The highest BCUT2D eigenvalue weighted by molar-refractivity contribution is 6.32. The molecule has 0 aliphatic heterocycles. The van der Waals surface area contributed by atoms with E-state index in [9.17, 15) is 4.79 Å². The molecule has 104 valence electrons. The van der Waals surface area contributed by atoms with Gasteiger partial charge in [0.1, 0.15) is 5.75 Å². The van der Waals surface area contributed by atoms with E-state index < -0.39 is 0 Å². The molecule has 2 aromatic carbocycles. The van der Waals surface area contributed by atoms with E-state index in [4.69, 9.17) is 27.9 Å². The molecule has 0 aromatic heterocycles. The first-order chi connectivity index (χ1) is 9.51. The molecule has 0 aliphatic carbocycles. The summed E-state index contributed by atoms with van der Waals surface area (Å²) < 4.78 is 5.05. The van der Waals surface area contributed by atoms with Crippen LogP contribution in [-0.2, 0) is 0 Å². The highest BCUT2D eigenvalue weighted by atomic mass is 35.5. The molecule has 0 atom stereocenters. The van der Waals surface area contributed by atoms with Gasteiger partial charge in [0.15, 0.2) is 0 Å². The Morgan fingerprint density at radius 1 is 1.10 bits per heavy atom. The minimum absolute atomic E-state index is 0.255. The molecule has 1 N–H and O–H groups in total. The van der Waals surface area contributed by atoms with E-state index in [2.05, 4.69) is 5.32 Å². The number of ether oxygens (including phenoxy) is 1. The fourth-order valence-electron chi connectivity index (χ4n) is 1.68. The van der Waals surface area contributed by atoms with Crippen molar-refractivity contribution < 1.29 is 9.53 Å². The molecule has 2 rings (SSSR count). The Kier molecular flexibility index (Phi) is 4.53. The zero-order valence-corrected chi connectivity index (χ0v) is 12.5. The Morgan fingerprint density at radius 3 is 2.45 bits per heavy atom. The van der Waals surface area contributed by atoms with E-state index in [0.717, 1.165) is 5.56 Å². The number of amides is 1. The van der Waals surface area contributed by atoms with Gasteiger partial charge in [-0.3, -0.25) is 4.79 Å². The van der Waals surface area contributed by atoms with Gasteiger partial charge in [-0.25, -0.2) is 0 Å². The molecular formula is C15H13Cl2NO2. The Labute approximate surface area is 127 Å². The number of halogens is 2. The molecule has 2 aromatic rings. The predicted molar refractivity (Wildman–Crippen MR) is 82.1 cm³/mol. The molecule has 0 spiro atoms. The Balaban J connectivity index is 2.19. The minimum atomic E-state index is -0.255. The average Bonchev–Trinajstić information content (AvgIpc) is 2.42. The van der Waals surface area contributed by atoms with Crippen molar-refractivity contribution in [3.8, 4) is 5.75 Å². The van der Waals surface area contributed by atoms with Crippen LogP contribution < -0.4 is 10.1 Å². The lowest BCUT2D eigenvalue weighted by atomic mass is 10.2. The van der Waals surface area contributed by atoms with Crippen molar-refractivity contribution in [1.29, 1.82) is 0 Å². The number of benzene rings is 2. The van der Waals surface area contributed by atoms with E-state index in [1.54, 1.807) is 30.3 Å². The van der Waals surface area contributed by atoms with Crippen molar-refractivity contribution in [1.82, 2.24) is 0 Å². The molecule has 3 nitrogen and oxygen atoms in total. The van der Waals surface area contributed by atoms with Crippen molar-refractivity contribution in [2.75, 3.05) is 12.4 Å². The van der Waals surface area contributed by atoms with Gasteiger partial charge in [-0.2, -0.15) is 0 Å². The van der Waals surface area contributed by atoms with Crippen LogP contribution in [-0.4, -0.2) is 13.0 Å². The summed E-state index contributed by atoms with van der Waals surface area (Å²) in [5.41, 5.74) is 2.04. The van der Waals surface area contributed by atoms with Gasteiger partial charge in [0, 0.05) is 16.3 Å². The largest absolute Gasteiger partial charge is 0.495 e. The number of rotatable bonds is 3. The molecule has 0 unspecified atom stereocenters. The fourth-order valence-corrected chi connectivity index (χ4v) is 2.12. The minimum Gasteiger partial charge on any atom is -0.495 e. The third-order valence-electron chi connectivity index (χ3n) is 2.84. The second-order valence-corrected chi connectivity index (χ2v) is 5.08. The lowest BCUT2D eigenvalue weighted by Gasteiger charge is -2.08. The Hall–Kier alpha value is -1.71. The summed E-state index contributed by atoms with van der Waals surface area (Å²) in [5, 5.41) is 3.77. The van der Waals surface area contributed by atoms with E-state index in [-0.39, 0.29) is 5.91 Å². The van der Waals surface area contributed by atoms with Gasteiger partial charge in [-0.05, 0) is 42.8 Å². The summed E-state index contributed by atoms with van der Waals surface area (Å²) in [6, 6.07) is 10.2. The van der Waals surface area contributed by atoms with Crippen LogP contribution in [0.4, 0.5) is 5.69 Å². The number of carbonyl (C=O) groups is 1. The molecule has 20 heavy (non-hydrogen) atoms. The molecule has 0 saturated heterocycles. The molecule has 0 heterocycles. The van der Waals surface area contributed by atoms with Crippen LogP contribution in [0.3, 0.4) is 0 Å². The number of hydrogen-bond donors (Lipinski definition) is 1. The quantitative estimate of drug-likeness (QED) is 0.902. The number of carbonyl (C=O) groups excluding carboxylic acids is 1. The standard InChI is InChI=1S/C15H13Cl2NO2/c1-9-3-5-11(8-12(9)16)18-15(19)10-4-6-14(20-2)13(17)7-10/h3-8H,1-2H3,(H,18,19). The SMILES string of the molecule is COc1ccc(C(=O)Nc2ccc(C)c(Cl)c2)cc1Cl. The maximum absolute atomic E-state index is 12.1. The van der Waals surface area contributed by atoms with Gasteiger partial charge >= 0.3 is 0 Å². The number of anilines is 1. The predicted octanol–water partition coefficient (Wildman–Crippen LogP) is 4.56. The molecule has 1 amide bonds. The van der Waals surface area contributed by atoms with Crippen LogP contribution in [0.1, 0.15) is 15.9 Å². The highest BCUT2D eigenvalue weighted by Crippen LogP contribution is 2.26. The van der Waals surface area contributed by atoms with E-state index in [1.165, 1.54) is 7.11 Å². The summed E-state index contributed by atoms with van der Waals surface area (Å²) in [5.74, 6) is 0.274. The summed E-state index contributed by atoms with van der Waals surface area (Å²) in [7, 11) is 1.52. The summed E-state index contributed by atoms with van der Waals surface area (Å²) in [4.78, 5) is 12.1. The molecule has 0 saturated carbocycles. The summed E-state index contributed by atoms with van der Waals surface area (Å²) >= 11 is 12.0. The van der Waals surface area contributed by atoms with Crippen LogP contribution in [0.15, 0.2) is 36.4 Å². The van der Waals surface area contributed by atoms with Gasteiger partial charge in [-0.1, -0.05) is 29.3 Å². The molecule has 0 fully saturated rings. The van der Waals surface area contributed by atoms with Gasteiger partial charge in [0.25, 0.3) is 5.91 Å². The number of nitrogens with one attached hydrogen (secondary N) is 1. The van der Waals surface area contributed by atoms with E-state index in [1.807, 2.05) is 13.0 Å². The summed E-state index contributed by atoms with van der Waals surface area (Å²) in [6.45, 7) is 1.90. The van der Waals surface area contributed by atoms with Crippen LogP contribution >= 0.6 is 23.2 Å². The number of methoxy groups -OCH3 is 1. The van der Waals surface area contributed by atoms with Gasteiger partial charge in [0.2, 0.25) is 0 Å². The molecular weight excluding hydrogens is 297 g/mol. The second kappa shape index (κ2) is 6.16. The molecule has 0 radical (unpaired) electrons. The number of aryl methyl sites for hydroxylation is 1. The Morgan fingerprint density at radius 2 is 1.85 bits per heavy atom. The van der Waals surface area contributed by atoms with Crippen molar-refractivity contribution >= 4 is 34.8 Å². The lowest BCUT2D eigenvalue weighted by Crippen LogP contribution is -2.11. The monoisotopic (exact) mass is 309 g/mol. The highest BCUT2D eigenvalue weighted by Gasteiger charge is 2.10. The maximum atomic E-state index is 12.1. The third kappa shape index (κ3) is 3.24. The normalized spacial score (nSPS) is 10.2. The van der Waals surface area contributed by atoms with Crippen molar-refractivity contribution in [3.63, 3.8) is 0 Å². The first kappa shape index (κ1) is 14.7. The van der Waals surface area contributed by atoms with Crippen molar-refractivity contribution in [2.45, 2.75) is 6.92 Å². The molecule has 5 heteroatoms. The van der Waals surface area contributed by atoms with Gasteiger partial charge in [-0.15, -0.1) is 0 Å². The number of hydrogen-bond acceptors (Lipinski definition) is 2. The van der Waals surface area contributed by atoms with E-state index >= 15 is 0 Å². The zero-order chi connectivity index (χ0) is 14.7. The second-order valence-electron chi connectivity index (χ2n) is 4.27. The lowest BCUT2D eigenvalue weighted by molar-refractivity contribution is 0.102. The zero-order valence-electron chi connectivity index (χ0n) is 11.0. The van der Waals surface area contributed by atoms with Crippen LogP contribution in [0, 0.1) is 6.92 Å². The van der Waals surface area contributed by atoms with E-state index in [0.29, 0.717) is 27.0 Å². The first-order valence-corrected chi connectivity index (χ1v) is 6.68. The Bertz CT molecular complexity index is 656. The van der Waals surface area contributed by atoms with Crippen LogP contribution in [0.2, 0.25) is 10.0 Å². The van der Waals surface area contributed by atoms with Gasteiger partial charge in [0.05, 0.1) is 12.1 Å². The summed E-state index contributed by atoms with van der Waals surface area (Å²) in [6.07, 6.45) is 0. The topological polar surface area (TPSA) is 38.3 Å². The van der Waals surface area contributed by atoms with Crippen molar-refractivity contribution in [2.24, 2.45) is 0 Å². The van der Waals surface area contributed by atoms with Crippen LogP contribution in [0.25, 0.3) is 0 Å².